The van der Waals surface area contributed by atoms with Gasteiger partial charge in [-0.05, 0) is 29.8 Å². The number of nitrogens with zero attached hydrogens (tertiary/aromatic N) is 3. The average Bonchev–Trinajstić information content (AvgIpc) is 3.07. The Hall–Kier alpha value is -1.75. The fourth-order valence-corrected chi connectivity index (χ4v) is 3.14. The van der Waals surface area contributed by atoms with E-state index in [2.05, 4.69) is 10.3 Å². The van der Waals surface area contributed by atoms with Gasteiger partial charge in [-0.3, -0.25) is 4.99 Å². The fourth-order valence-electron chi connectivity index (χ4n) is 3.14. The number of halogens is 4. The van der Waals surface area contributed by atoms with E-state index in [0.717, 1.165) is 17.8 Å². The quantitative estimate of drug-likeness (QED) is 0.390. The second-order valence-corrected chi connectivity index (χ2v) is 6.44. The number of rotatable bonds is 3. The molecule has 2 heterocycles. The van der Waals surface area contributed by atoms with E-state index in [-0.39, 0.29) is 24.0 Å². The van der Waals surface area contributed by atoms with Crippen molar-refractivity contribution in [2.24, 2.45) is 12.0 Å². The third kappa shape index (κ3) is 5.40. The lowest BCUT2D eigenvalue weighted by atomic mass is 10.0. The van der Waals surface area contributed by atoms with Gasteiger partial charge in [0.1, 0.15) is 6.10 Å². The minimum Gasteiger partial charge on any atom is -0.370 e. The molecule has 28 heavy (non-hydrogen) atoms. The molecule has 0 amide bonds. The third-order valence-electron chi connectivity index (χ3n) is 4.64. The Morgan fingerprint density at radius 1 is 1.29 bits per heavy atom. The van der Waals surface area contributed by atoms with E-state index in [9.17, 15) is 13.2 Å². The largest absolute Gasteiger partial charge is 0.416 e. The van der Waals surface area contributed by atoms with Crippen molar-refractivity contribution < 1.29 is 17.9 Å². The SMILES string of the molecule is CN=C(NCc1cccn1C)N1CCOC(c2cccc(C(F)(F)F)c2)C1.I. The van der Waals surface area contributed by atoms with Crippen molar-refractivity contribution in [2.45, 2.75) is 18.8 Å². The van der Waals surface area contributed by atoms with Crippen molar-refractivity contribution in [3.63, 3.8) is 0 Å². The molecule has 1 aromatic heterocycles. The van der Waals surface area contributed by atoms with Gasteiger partial charge in [0, 0.05) is 32.5 Å². The zero-order valence-electron chi connectivity index (χ0n) is 15.7. The summed E-state index contributed by atoms with van der Waals surface area (Å²) in [5.74, 6) is 0.705. The summed E-state index contributed by atoms with van der Waals surface area (Å²) in [6, 6.07) is 9.31. The molecule has 3 rings (SSSR count). The molecular weight excluding hydrogens is 484 g/mol. The fraction of sp³-hybridized carbons (Fsp3) is 0.421. The van der Waals surface area contributed by atoms with E-state index >= 15 is 0 Å². The van der Waals surface area contributed by atoms with Gasteiger partial charge in [-0.1, -0.05) is 12.1 Å². The molecule has 1 atom stereocenters. The van der Waals surface area contributed by atoms with Crippen LogP contribution in [0, 0.1) is 0 Å². The molecule has 1 aliphatic heterocycles. The molecule has 1 saturated heterocycles. The molecule has 2 aromatic rings. The summed E-state index contributed by atoms with van der Waals surface area (Å²) < 4.78 is 46.7. The van der Waals surface area contributed by atoms with E-state index in [1.165, 1.54) is 6.07 Å². The number of ether oxygens (including phenoxy) is 1. The summed E-state index contributed by atoms with van der Waals surface area (Å²) >= 11 is 0. The Kier molecular flexibility index (Phi) is 7.76. The minimum absolute atomic E-state index is 0. The zero-order chi connectivity index (χ0) is 19.4. The van der Waals surface area contributed by atoms with Crippen molar-refractivity contribution in [1.29, 1.82) is 0 Å². The summed E-state index contributed by atoms with van der Waals surface area (Å²) in [6.45, 7) is 2.10. The molecule has 1 unspecified atom stereocenters. The highest BCUT2D eigenvalue weighted by Gasteiger charge is 2.32. The van der Waals surface area contributed by atoms with Gasteiger partial charge in [0.25, 0.3) is 0 Å². The standard InChI is InChI=1S/C19H23F3N4O.HI/c1-23-18(24-12-16-7-4-8-25(16)2)26-9-10-27-17(13-26)14-5-3-6-15(11-14)19(20,21)22;/h3-8,11,17H,9-10,12-13H2,1-2H3,(H,23,24);1H. The number of aryl methyl sites for hydroxylation is 1. The maximum absolute atomic E-state index is 13.0. The predicted molar refractivity (Wildman–Crippen MR) is 113 cm³/mol. The van der Waals surface area contributed by atoms with Crippen molar-refractivity contribution in [1.82, 2.24) is 14.8 Å². The summed E-state index contributed by atoms with van der Waals surface area (Å²) in [5, 5.41) is 3.31. The molecule has 0 radical (unpaired) electrons. The highest BCUT2D eigenvalue weighted by molar-refractivity contribution is 14.0. The number of benzene rings is 1. The van der Waals surface area contributed by atoms with Crippen LogP contribution in [0.1, 0.15) is 22.9 Å². The molecule has 0 aliphatic carbocycles. The number of guanidine groups is 1. The second-order valence-electron chi connectivity index (χ2n) is 6.44. The molecule has 5 nitrogen and oxygen atoms in total. The van der Waals surface area contributed by atoms with Crippen LogP contribution in [0.3, 0.4) is 0 Å². The Labute approximate surface area is 179 Å². The molecular formula is C19H24F3IN4O. The molecule has 1 N–H and O–H groups in total. The summed E-state index contributed by atoms with van der Waals surface area (Å²) in [6.07, 6.45) is -2.83. The predicted octanol–water partition coefficient (Wildman–Crippen LogP) is 3.81. The third-order valence-corrected chi connectivity index (χ3v) is 4.64. The minimum atomic E-state index is -4.36. The van der Waals surface area contributed by atoms with E-state index < -0.39 is 17.8 Å². The maximum Gasteiger partial charge on any atom is 0.416 e. The van der Waals surface area contributed by atoms with Crippen LogP contribution in [0.15, 0.2) is 47.6 Å². The van der Waals surface area contributed by atoms with E-state index in [1.807, 2.05) is 34.8 Å². The van der Waals surface area contributed by atoms with Crippen LogP contribution in [0.4, 0.5) is 13.2 Å². The van der Waals surface area contributed by atoms with Crippen LogP contribution < -0.4 is 5.32 Å². The number of nitrogens with one attached hydrogen (secondary N) is 1. The Morgan fingerprint density at radius 3 is 2.71 bits per heavy atom. The highest BCUT2D eigenvalue weighted by atomic mass is 127. The Balaban J connectivity index is 0.00000280. The van der Waals surface area contributed by atoms with Crippen LogP contribution in [0.2, 0.25) is 0 Å². The van der Waals surface area contributed by atoms with Crippen LogP contribution in [0.5, 0.6) is 0 Å². The molecule has 0 spiro atoms. The van der Waals surface area contributed by atoms with Gasteiger partial charge in [-0.15, -0.1) is 24.0 Å². The lowest BCUT2D eigenvalue weighted by Crippen LogP contribution is -2.48. The first-order chi connectivity index (χ1) is 12.9. The summed E-state index contributed by atoms with van der Waals surface area (Å²) in [4.78, 5) is 6.32. The number of hydrogen-bond donors (Lipinski definition) is 1. The van der Waals surface area contributed by atoms with E-state index in [1.54, 1.807) is 13.1 Å². The van der Waals surface area contributed by atoms with Crippen LogP contribution in [0.25, 0.3) is 0 Å². The summed E-state index contributed by atoms with van der Waals surface area (Å²) in [5.41, 5.74) is 0.971. The number of hydrogen-bond acceptors (Lipinski definition) is 2. The van der Waals surface area contributed by atoms with E-state index in [0.29, 0.717) is 37.8 Å². The molecule has 9 heteroatoms. The van der Waals surface area contributed by atoms with Gasteiger partial charge >= 0.3 is 6.18 Å². The summed E-state index contributed by atoms with van der Waals surface area (Å²) in [7, 11) is 3.67. The maximum atomic E-state index is 13.0. The van der Waals surface area contributed by atoms with Crippen molar-refractivity contribution in [3.05, 3.63) is 59.4 Å². The first-order valence-electron chi connectivity index (χ1n) is 8.73. The molecule has 0 saturated carbocycles. The first-order valence-corrected chi connectivity index (χ1v) is 8.73. The lowest BCUT2D eigenvalue weighted by molar-refractivity contribution is -0.137. The van der Waals surface area contributed by atoms with Crippen LogP contribution in [-0.4, -0.2) is 42.2 Å². The van der Waals surface area contributed by atoms with Gasteiger partial charge in [-0.25, -0.2) is 0 Å². The molecule has 1 fully saturated rings. The lowest BCUT2D eigenvalue weighted by Gasteiger charge is -2.35. The van der Waals surface area contributed by atoms with Gasteiger partial charge in [0.05, 0.1) is 25.3 Å². The van der Waals surface area contributed by atoms with Crippen molar-refractivity contribution in [2.75, 3.05) is 26.7 Å². The van der Waals surface area contributed by atoms with Crippen LogP contribution >= 0.6 is 24.0 Å². The van der Waals surface area contributed by atoms with E-state index in [4.69, 9.17) is 4.74 Å². The zero-order valence-corrected chi connectivity index (χ0v) is 18.1. The average molecular weight is 508 g/mol. The van der Waals surface area contributed by atoms with Crippen molar-refractivity contribution >= 4 is 29.9 Å². The monoisotopic (exact) mass is 508 g/mol. The first kappa shape index (κ1) is 22.5. The number of aliphatic imine (C=N–C) groups is 1. The Bertz CT molecular complexity index is 806. The van der Waals surface area contributed by atoms with Gasteiger partial charge in [-0.2, -0.15) is 13.2 Å². The number of morpholine rings is 1. The number of alkyl halides is 3. The molecule has 0 bridgehead atoms. The van der Waals surface area contributed by atoms with Gasteiger partial charge in [0.15, 0.2) is 5.96 Å². The smallest absolute Gasteiger partial charge is 0.370 e. The highest BCUT2D eigenvalue weighted by Crippen LogP contribution is 2.32. The van der Waals surface area contributed by atoms with Crippen molar-refractivity contribution in [3.8, 4) is 0 Å². The molecule has 154 valence electrons. The topological polar surface area (TPSA) is 41.8 Å². The van der Waals surface area contributed by atoms with Gasteiger partial charge < -0.3 is 19.5 Å². The van der Waals surface area contributed by atoms with Crippen LogP contribution in [-0.2, 0) is 24.5 Å². The molecule has 1 aromatic carbocycles. The molecule has 1 aliphatic rings. The normalized spacial score (nSPS) is 18.0. The second kappa shape index (κ2) is 9.64. The Morgan fingerprint density at radius 2 is 2.07 bits per heavy atom. The van der Waals surface area contributed by atoms with Gasteiger partial charge in [0.2, 0.25) is 0 Å². The number of aromatic nitrogens is 1.